The van der Waals surface area contributed by atoms with Crippen LogP contribution in [0.5, 0.6) is 0 Å². The van der Waals surface area contributed by atoms with Gasteiger partial charge in [0.25, 0.3) is 0 Å². The summed E-state index contributed by atoms with van der Waals surface area (Å²) < 4.78 is 5.20. The van der Waals surface area contributed by atoms with Crippen LogP contribution in [0.15, 0.2) is 18.3 Å². The molecule has 1 heterocycles. The Bertz CT molecular complexity index is 335. The molecule has 0 aliphatic rings. The van der Waals surface area contributed by atoms with Gasteiger partial charge in [0.15, 0.2) is 4.83 Å². The number of nitrogens with zero attached hydrogens (tertiary/aromatic N) is 2. The normalized spacial score (nSPS) is 13.3. The monoisotopic (exact) mass is 272 g/mol. The van der Waals surface area contributed by atoms with Crippen molar-refractivity contribution in [1.29, 1.82) is 0 Å². The van der Waals surface area contributed by atoms with Gasteiger partial charge in [-0.2, -0.15) is 10.2 Å². The predicted molar refractivity (Wildman–Crippen MR) is 59.5 cm³/mol. The van der Waals surface area contributed by atoms with E-state index in [1.54, 1.807) is 18.3 Å². The summed E-state index contributed by atoms with van der Waals surface area (Å²) in [5.41, 5.74) is 0.0532. The zero-order chi connectivity index (χ0) is 11.5. The minimum Gasteiger partial charge on any atom is -0.459 e. The van der Waals surface area contributed by atoms with Crippen molar-refractivity contribution in [3.8, 4) is 0 Å². The number of carbonyl (C=O) groups is 1. The maximum atomic E-state index is 11.6. The lowest BCUT2D eigenvalue weighted by Crippen LogP contribution is -2.26. The second-order valence-corrected chi connectivity index (χ2v) is 4.96. The van der Waals surface area contributed by atoms with Gasteiger partial charge < -0.3 is 4.74 Å². The van der Waals surface area contributed by atoms with Gasteiger partial charge in [-0.1, -0.05) is 15.9 Å². The minimum atomic E-state index is -0.564. The Balaban J connectivity index is 2.70. The van der Waals surface area contributed by atoms with Crippen LogP contribution < -0.4 is 0 Å². The van der Waals surface area contributed by atoms with Crippen molar-refractivity contribution < 1.29 is 9.53 Å². The number of hydrogen-bond donors (Lipinski definition) is 0. The highest BCUT2D eigenvalue weighted by molar-refractivity contribution is 9.09. The van der Waals surface area contributed by atoms with E-state index in [1.807, 2.05) is 20.8 Å². The van der Waals surface area contributed by atoms with Gasteiger partial charge in [-0.15, -0.1) is 0 Å². The number of carbonyl (C=O) groups excluding carboxylic acids is 1. The van der Waals surface area contributed by atoms with Crippen LogP contribution in [0.4, 0.5) is 0 Å². The van der Waals surface area contributed by atoms with Crippen molar-refractivity contribution in [3.05, 3.63) is 24.0 Å². The molecule has 0 spiro atoms. The van der Waals surface area contributed by atoms with Crippen LogP contribution in [0.3, 0.4) is 0 Å². The molecule has 1 atom stereocenters. The third kappa shape index (κ3) is 3.95. The van der Waals surface area contributed by atoms with Crippen molar-refractivity contribution in [2.75, 3.05) is 0 Å². The fourth-order valence-electron chi connectivity index (χ4n) is 0.923. The number of ether oxygens (including phenoxy) is 1. The van der Waals surface area contributed by atoms with Crippen LogP contribution in [-0.4, -0.2) is 21.8 Å². The molecule has 0 aromatic carbocycles. The summed E-state index contributed by atoms with van der Waals surface area (Å²) in [7, 11) is 0. The van der Waals surface area contributed by atoms with E-state index in [0.717, 1.165) is 0 Å². The summed E-state index contributed by atoms with van der Waals surface area (Å²) in [4.78, 5) is 11.1. The van der Waals surface area contributed by atoms with Gasteiger partial charge >= 0.3 is 5.97 Å². The van der Waals surface area contributed by atoms with E-state index in [9.17, 15) is 4.79 Å². The van der Waals surface area contributed by atoms with Crippen LogP contribution in [0.1, 0.15) is 31.3 Å². The fourth-order valence-corrected chi connectivity index (χ4v) is 1.26. The maximum absolute atomic E-state index is 11.6. The van der Waals surface area contributed by atoms with Crippen LogP contribution in [0.25, 0.3) is 0 Å². The second-order valence-electron chi connectivity index (χ2n) is 4.04. The molecule has 0 radical (unpaired) electrons. The number of hydrogen-bond acceptors (Lipinski definition) is 4. The highest BCUT2D eigenvalue weighted by Gasteiger charge is 2.25. The molecular weight excluding hydrogens is 260 g/mol. The van der Waals surface area contributed by atoms with Crippen LogP contribution in [0, 0.1) is 0 Å². The first kappa shape index (κ1) is 12.1. The van der Waals surface area contributed by atoms with Gasteiger partial charge in [-0.3, -0.25) is 4.79 Å². The van der Waals surface area contributed by atoms with Gasteiger partial charge in [-0.25, -0.2) is 0 Å². The first-order valence-electron chi connectivity index (χ1n) is 4.55. The highest BCUT2D eigenvalue weighted by Crippen LogP contribution is 2.24. The molecule has 1 aromatic heterocycles. The summed E-state index contributed by atoms with van der Waals surface area (Å²) in [6, 6.07) is 3.44. The number of alkyl halides is 1. The van der Waals surface area contributed by atoms with Gasteiger partial charge in [0.05, 0.1) is 5.69 Å². The Kier molecular flexibility index (Phi) is 3.79. The maximum Gasteiger partial charge on any atom is 0.326 e. The molecule has 82 valence electrons. The number of halogens is 1. The quantitative estimate of drug-likeness (QED) is 0.612. The van der Waals surface area contributed by atoms with E-state index in [0.29, 0.717) is 5.69 Å². The summed E-state index contributed by atoms with van der Waals surface area (Å²) in [5, 5.41) is 7.53. The molecule has 0 fully saturated rings. The molecule has 1 aromatic rings. The van der Waals surface area contributed by atoms with Crippen LogP contribution in [0.2, 0.25) is 0 Å². The average molecular weight is 273 g/mol. The zero-order valence-corrected chi connectivity index (χ0v) is 10.5. The Labute approximate surface area is 97.2 Å². The van der Waals surface area contributed by atoms with E-state index < -0.39 is 10.4 Å². The van der Waals surface area contributed by atoms with Crippen LogP contribution in [-0.2, 0) is 9.53 Å². The number of aromatic nitrogens is 2. The lowest BCUT2D eigenvalue weighted by atomic mass is 10.2. The van der Waals surface area contributed by atoms with Crippen molar-refractivity contribution >= 4 is 21.9 Å². The Morgan fingerprint density at radius 2 is 2.20 bits per heavy atom. The van der Waals surface area contributed by atoms with E-state index in [1.165, 1.54) is 0 Å². The average Bonchev–Trinajstić information content (AvgIpc) is 2.15. The first-order valence-corrected chi connectivity index (χ1v) is 5.46. The lowest BCUT2D eigenvalue weighted by Gasteiger charge is -2.21. The Morgan fingerprint density at radius 3 is 2.67 bits per heavy atom. The number of rotatable bonds is 2. The molecule has 1 rings (SSSR count). The topological polar surface area (TPSA) is 52.1 Å². The molecule has 15 heavy (non-hydrogen) atoms. The number of esters is 1. The van der Waals surface area contributed by atoms with E-state index >= 15 is 0 Å². The Morgan fingerprint density at radius 1 is 1.53 bits per heavy atom. The van der Waals surface area contributed by atoms with Gasteiger partial charge in [0.2, 0.25) is 0 Å². The predicted octanol–water partition coefficient (Wildman–Crippen LogP) is 2.25. The van der Waals surface area contributed by atoms with E-state index in [-0.39, 0.29) is 5.97 Å². The SMILES string of the molecule is CC(C)(C)OC(=O)C(Br)c1cccnn1. The molecule has 0 bridgehead atoms. The smallest absolute Gasteiger partial charge is 0.326 e. The molecule has 0 aliphatic heterocycles. The van der Waals surface area contributed by atoms with Gasteiger partial charge in [-0.05, 0) is 32.9 Å². The molecule has 0 saturated heterocycles. The first-order chi connectivity index (χ1) is 6.90. The Hall–Kier alpha value is -0.970. The molecule has 0 saturated carbocycles. The third-order valence-electron chi connectivity index (χ3n) is 1.47. The molecular formula is C10H13BrN2O2. The lowest BCUT2D eigenvalue weighted by molar-refractivity contribution is -0.154. The third-order valence-corrected chi connectivity index (χ3v) is 2.31. The van der Waals surface area contributed by atoms with Crippen LogP contribution >= 0.6 is 15.9 Å². The summed E-state index contributed by atoms with van der Waals surface area (Å²) in [6.45, 7) is 5.46. The molecule has 0 amide bonds. The van der Waals surface area contributed by atoms with Crippen molar-refractivity contribution in [2.24, 2.45) is 0 Å². The standard InChI is InChI=1S/C10H13BrN2O2/c1-10(2,3)15-9(14)8(11)7-5-4-6-12-13-7/h4-6,8H,1-3H3. The summed E-state index contributed by atoms with van der Waals surface area (Å²) >= 11 is 3.23. The molecule has 4 nitrogen and oxygen atoms in total. The molecule has 5 heteroatoms. The van der Waals surface area contributed by atoms with Gasteiger partial charge in [0.1, 0.15) is 5.60 Å². The summed E-state index contributed by atoms with van der Waals surface area (Å²) in [6.07, 6.45) is 1.55. The molecule has 1 unspecified atom stereocenters. The van der Waals surface area contributed by atoms with Gasteiger partial charge in [0, 0.05) is 6.20 Å². The highest BCUT2D eigenvalue weighted by atomic mass is 79.9. The van der Waals surface area contributed by atoms with Crippen molar-refractivity contribution in [3.63, 3.8) is 0 Å². The molecule has 0 N–H and O–H groups in total. The van der Waals surface area contributed by atoms with Crippen molar-refractivity contribution in [2.45, 2.75) is 31.2 Å². The summed E-state index contributed by atoms with van der Waals surface area (Å²) in [5.74, 6) is -0.358. The van der Waals surface area contributed by atoms with E-state index in [2.05, 4.69) is 26.1 Å². The van der Waals surface area contributed by atoms with E-state index in [4.69, 9.17) is 4.74 Å². The zero-order valence-electron chi connectivity index (χ0n) is 8.90. The molecule has 0 aliphatic carbocycles. The minimum absolute atomic E-state index is 0.358. The second kappa shape index (κ2) is 4.70. The fraction of sp³-hybridized carbons (Fsp3) is 0.500. The van der Waals surface area contributed by atoms with Crippen molar-refractivity contribution in [1.82, 2.24) is 10.2 Å². The largest absolute Gasteiger partial charge is 0.459 e.